The Bertz CT molecular complexity index is 3080. The molecule has 0 aliphatic carbocycles. The molecular formula is C48H28O2. The van der Waals surface area contributed by atoms with Crippen molar-refractivity contribution in [2.24, 2.45) is 0 Å². The van der Waals surface area contributed by atoms with E-state index in [1.54, 1.807) is 0 Å². The van der Waals surface area contributed by atoms with Crippen LogP contribution in [0.2, 0.25) is 0 Å². The average molecular weight is 637 g/mol. The van der Waals surface area contributed by atoms with E-state index in [9.17, 15) is 0 Å². The van der Waals surface area contributed by atoms with Gasteiger partial charge >= 0.3 is 0 Å². The molecular weight excluding hydrogens is 609 g/mol. The fourth-order valence-electron chi connectivity index (χ4n) is 8.34. The lowest BCUT2D eigenvalue weighted by atomic mass is 9.85. The van der Waals surface area contributed by atoms with Crippen molar-refractivity contribution in [3.05, 3.63) is 170 Å². The van der Waals surface area contributed by atoms with E-state index in [2.05, 4.69) is 152 Å². The van der Waals surface area contributed by atoms with E-state index in [4.69, 9.17) is 8.83 Å². The predicted octanol–water partition coefficient (Wildman–Crippen LogP) is 13.9. The van der Waals surface area contributed by atoms with Crippen LogP contribution in [0.1, 0.15) is 0 Å². The average Bonchev–Trinajstić information content (AvgIpc) is 3.76. The molecule has 0 aliphatic rings. The van der Waals surface area contributed by atoms with Crippen LogP contribution in [0.25, 0.3) is 110 Å². The van der Waals surface area contributed by atoms with Crippen molar-refractivity contribution in [1.29, 1.82) is 0 Å². The Morgan fingerprint density at radius 2 is 0.820 bits per heavy atom. The van der Waals surface area contributed by atoms with Crippen LogP contribution < -0.4 is 0 Å². The summed E-state index contributed by atoms with van der Waals surface area (Å²) in [6.45, 7) is 0. The van der Waals surface area contributed by atoms with Crippen molar-refractivity contribution in [2.45, 2.75) is 0 Å². The van der Waals surface area contributed by atoms with Gasteiger partial charge in [-0.1, -0.05) is 140 Å². The first-order chi connectivity index (χ1) is 24.8. The first-order valence-corrected chi connectivity index (χ1v) is 17.1. The monoisotopic (exact) mass is 636 g/mol. The normalized spacial score (nSPS) is 12.0. The van der Waals surface area contributed by atoms with Gasteiger partial charge in [0.25, 0.3) is 0 Å². The number of furan rings is 2. The Hall–Kier alpha value is -6.64. The van der Waals surface area contributed by atoms with Crippen LogP contribution in [0.15, 0.2) is 179 Å². The van der Waals surface area contributed by atoms with Gasteiger partial charge in [-0.05, 0) is 85.1 Å². The van der Waals surface area contributed by atoms with Crippen LogP contribution in [0.5, 0.6) is 0 Å². The minimum atomic E-state index is 0.880. The molecule has 0 aliphatic heterocycles. The standard InChI is InChI=1S/C48H28O2/c1-2-13-29(14-3-1)43-33-17-4-6-19-35(33)44(36-20-7-5-18-34(36)43)31-16-12-15-30(27-31)39-28-32-25-26-42-46(37-21-8-10-23-40(37)49-42)45(32)47-38-22-9-11-24-41(38)50-48(39)47/h1-28H. The van der Waals surface area contributed by atoms with Crippen molar-refractivity contribution in [1.82, 2.24) is 0 Å². The van der Waals surface area contributed by atoms with Gasteiger partial charge in [-0.15, -0.1) is 0 Å². The van der Waals surface area contributed by atoms with Gasteiger partial charge in [0.05, 0.1) is 0 Å². The highest BCUT2D eigenvalue weighted by molar-refractivity contribution is 6.33. The maximum Gasteiger partial charge on any atom is 0.143 e. The van der Waals surface area contributed by atoms with Gasteiger partial charge in [-0.2, -0.15) is 0 Å². The molecule has 11 aromatic rings. The highest BCUT2D eigenvalue weighted by Crippen LogP contribution is 2.47. The van der Waals surface area contributed by atoms with Crippen LogP contribution in [0.3, 0.4) is 0 Å². The highest BCUT2D eigenvalue weighted by Gasteiger charge is 2.22. The summed E-state index contributed by atoms with van der Waals surface area (Å²) >= 11 is 0. The molecule has 11 rings (SSSR count). The molecule has 0 spiro atoms. The zero-order valence-electron chi connectivity index (χ0n) is 27.0. The molecule has 9 aromatic carbocycles. The molecule has 0 radical (unpaired) electrons. The van der Waals surface area contributed by atoms with Gasteiger partial charge in [0.1, 0.15) is 22.3 Å². The highest BCUT2D eigenvalue weighted by atomic mass is 16.3. The Morgan fingerprint density at radius 1 is 0.300 bits per heavy atom. The zero-order valence-corrected chi connectivity index (χ0v) is 27.0. The zero-order chi connectivity index (χ0) is 32.8. The molecule has 2 aromatic heterocycles. The van der Waals surface area contributed by atoms with E-state index in [0.717, 1.165) is 60.4 Å². The Morgan fingerprint density at radius 3 is 1.50 bits per heavy atom. The molecule has 0 saturated carbocycles. The smallest absolute Gasteiger partial charge is 0.143 e. The van der Waals surface area contributed by atoms with E-state index in [1.807, 2.05) is 18.2 Å². The summed E-state index contributed by atoms with van der Waals surface area (Å²) < 4.78 is 13.2. The second-order valence-electron chi connectivity index (χ2n) is 13.1. The fourth-order valence-corrected chi connectivity index (χ4v) is 8.34. The summed E-state index contributed by atoms with van der Waals surface area (Å²) in [5.74, 6) is 0. The van der Waals surface area contributed by atoms with Crippen molar-refractivity contribution in [3.63, 3.8) is 0 Å². The van der Waals surface area contributed by atoms with Crippen molar-refractivity contribution in [3.8, 4) is 33.4 Å². The van der Waals surface area contributed by atoms with Crippen LogP contribution in [-0.2, 0) is 0 Å². The minimum Gasteiger partial charge on any atom is -0.456 e. The van der Waals surface area contributed by atoms with Crippen LogP contribution in [0, 0.1) is 0 Å². The topological polar surface area (TPSA) is 26.3 Å². The SMILES string of the molecule is c1ccc(-c2c3ccccc3c(-c3cccc(-c4cc5ccc6oc7ccccc7c6c5c5c4oc4ccccc45)c3)c3ccccc23)cc1. The summed E-state index contributed by atoms with van der Waals surface area (Å²) in [5.41, 5.74) is 10.7. The molecule has 0 atom stereocenters. The molecule has 0 amide bonds. The largest absolute Gasteiger partial charge is 0.456 e. The molecule has 0 N–H and O–H groups in total. The third-order valence-corrected chi connectivity index (χ3v) is 10.4. The first-order valence-electron chi connectivity index (χ1n) is 17.1. The lowest BCUT2D eigenvalue weighted by Gasteiger charge is -2.18. The maximum absolute atomic E-state index is 6.80. The Labute approximate surface area is 287 Å². The summed E-state index contributed by atoms with van der Waals surface area (Å²) in [7, 11) is 0. The van der Waals surface area contributed by atoms with E-state index >= 15 is 0 Å². The number of hydrogen-bond acceptors (Lipinski definition) is 2. The summed E-state index contributed by atoms with van der Waals surface area (Å²) in [6, 6.07) is 60.7. The third kappa shape index (κ3) is 3.85. The van der Waals surface area contributed by atoms with Gasteiger partial charge < -0.3 is 8.83 Å². The summed E-state index contributed by atoms with van der Waals surface area (Å²) in [4.78, 5) is 0. The first kappa shape index (κ1) is 27.3. The van der Waals surface area contributed by atoms with Gasteiger partial charge in [0.15, 0.2) is 0 Å². The predicted molar refractivity (Wildman–Crippen MR) is 210 cm³/mol. The number of hydrogen-bond donors (Lipinski definition) is 0. The molecule has 0 unspecified atom stereocenters. The lowest BCUT2D eigenvalue weighted by Crippen LogP contribution is -1.91. The quantitative estimate of drug-likeness (QED) is 0.180. The van der Waals surface area contributed by atoms with Crippen molar-refractivity contribution in [2.75, 3.05) is 0 Å². The number of benzene rings is 9. The number of para-hydroxylation sites is 2. The van der Waals surface area contributed by atoms with Gasteiger partial charge in [-0.3, -0.25) is 0 Å². The van der Waals surface area contributed by atoms with Gasteiger partial charge in [0.2, 0.25) is 0 Å². The fraction of sp³-hybridized carbons (Fsp3) is 0. The molecule has 0 saturated heterocycles. The second kappa shape index (κ2) is 10.4. The minimum absolute atomic E-state index is 0.880. The summed E-state index contributed by atoms with van der Waals surface area (Å²) in [6.07, 6.45) is 0. The van der Waals surface area contributed by atoms with Crippen molar-refractivity contribution >= 4 is 76.2 Å². The molecule has 2 heteroatoms. The van der Waals surface area contributed by atoms with E-state index in [0.29, 0.717) is 0 Å². The third-order valence-electron chi connectivity index (χ3n) is 10.4. The van der Waals surface area contributed by atoms with E-state index in [1.165, 1.54) is 49.2 Å². The number of rotatable bonds is 3. The van der Waals surface area contributed by atoms with Crippen LogP contribution >= 0.6 is 0 Å². The van der Waals surface area contributed by atoms with Crippen molar-refractivity contribution < 1.29 is 8.83 Å². The molecule has 2 heterocycles. The molecule has 2 nitrogen and oxygen atoms in total. The van der Waals surface area contributed by atoms with Gasteiger partial charge in [-0.25, -0.2) is 0 Å². The second-order valence-corrected chi connectivity index (χ2v) is 13.1. The van der Waals surface area contributed by atoms with E-state index < -0.39 is 0 Å². The molecule has 232 valence electrons. The lowest BCUT2D eigenvalue weighted by molar-refractivity contribution is 0.669. The molecule has 0 fully saturated rings. The Balaban J connectivity index is 1.22. The van der Waals surface area contributed by atoms with Crippen LogP contribution in [-0.4, -0.2) is 0 Å². The molecule has 0 bridgehead atoms. The maximum atomic E-state index is 6.80. The Kier molecular flexibility index (Phi) is 5.70. The van der Waals surface area contributed by atoms with Gasteiger partial charge in [0, 0.05) is 32.5 Å². The van der Waals surface area contributed by atoms with Crippen LogP contribution in [0.4, 0.5) is 0 Å². The van der Waals surface area contributed by atoms with E-state index in [-0.39, 0.29) is 0 Å². The number of fused-ring (bicyclic) bond motifs is 11. The summed E-state index contributed by atoms with van der Waals surface area (Å²) in [5, 5.41) is 11.8. The molecule has 50 heavy (non-hydrogen) atoms.